The Balaban J connectivity index is 1.39. The molecule has 112 valence electrons. The number of piperidine rings is 1. The minimum atomic E-state index is 0.0461. The molecule has 3 rings (SSSR count). The second-order valence-corrected chi connectivity index (χ2v) is 6.90. The summed E-state index contributed by atoms with van der Waals surface area (Å²) in [6.07, 6.45) is 7.30. The SMILES string of the molecule is CC(=O)NCC1CCN(C(=O)[C@H]2C[C@H]2C2CCC2)CC1. The largest absolute Gasteiger partial charge is 0.356 e. The Morgan fingerprint density at radius 3 is 2.40 bits per heavy atom. The van der Waals surface area contributed by atoms with Crippen molar-refractivity contribution in [3.05, 3.63) is 0 Å². The number of nitrogens with zero attached hydrogens (tertiary/aromatic N) is 1. The lowest BCUT2D eigenvalue weighted by molar-refractivity contribution is -0.134. The maximum absolute atomic E-state index is 12.4. The molecule has 1 N–H and O–H groups in total. The van der Waals surface area contributed by atoms with Crippen LogP contribution < -0.4 is 5.32 Å². The van der Waals surface area contributed by atoms with E-state index in [1.807, 2.05) is 0 Å². The summed E-state index contributed by atoms with van der Waals surface area (Å²) in [5, 5.41) is 2.89. The average Bonchev–Trinajstić information content (AvgIpc) is 3.14. The fourth-order valence-electron chi connectivity index (χ4n) is 3.77. The minimum Gasteiger partial charge on any atom is -0.356 e. The molecule has 2 saturated carbocycles. The van der Waals surface area contributed by atoms with Crippen LogP contribution >= 0.6 is 0 Å². The van der Waals surface area contributed by atoms with E-state index in [0.717, 1.165) is 44.8 Å². The van der Waals surface area contributed by atoms with E-state index in [-0.39, 0.29) is 5.91 Å². The van der Waals surface area contributed by atoms with Gasteiger partial charge in [-0.25, -0.2) is 0 Å². The standard InChI is InChI=1S/C16H26N2O2/c1-11(19)17-10-12-5-7-18(8-6-12)16(20)15-9-14(15)13-3-2-4-13/h12-15H,2-10H2,1H3,(H,17,19)/t14-,15-/m0/s1. The maximum Gasteiger partial charge on any atom is 0.225 e. The Bertz CT molecular complexity index is 384. The van der Waals surface area contributed by atoms with E-state index in [1.165, 1.54) is 19.3 Å². The zero-order valence-corrected chi connectivity index (χ0v) is 12.4. The smallest absolute Gasteiger partial charge is 0.225 e. The van der Waals surface area contributed by atoms with Crippen LogP contribution in [0.15, 0.2) is 0 Å². The highest BCUT2D eigenvalue weighted by molar-refractivity contribution is 5.81. The Morgan fingerprint density at radius 2 is 1.85 bits per heavy atom. The monoisotopic (exact) mass is 278 g/mol. The molecule has 3 aliphatic rings. The Morgan fingerprint density at radius 1 is 1.15 bits per heavy atom. The first kappa shape index (κ1) is 13.9. The molecule has 2 atom stereocenters. The van der Waals surface area contributed by atoms with Gasteiger partial charge in [-0.05, 0) is 37.0 Å². The van der Waals surface area contributed by atoms with Gasteiger partial charge in [0.25, 0.3) is 0 Å². The number of amides is 2. The number of nitrogens with one attached hydrogen (secondary N) is 1. The highest BCUT2D eigenvalue weighted by Gasteiger charge is 2.50. The van der Waals surface area contributed by atoms with Crippen LogP contribution in [0.1, 0.15) is 45.4 Å². The third kappa shape index (κ3) is 2.99. The van der Waals surface area contributed by atoms with Crippen molar-refractivity contribution in [2.75, 3.05) is 19.6 Å². The minimum absolute atomic E-state index is 0.0461. The van der Waals surface area contributed by atoms with Gasteiger partial charge >= 0.3 is 0 Å². The fraction of sp³-hybridized carbons (Fsp3) is 0.875. The van der Waals surface area contributed by atoms with E-state index in [9.17, 15) is 9.59 Å². The van der Waals surface area contributed by atoms with Crippen LogP contribution in [0.3, 0.4) is 0 Å². The molecular formula is C16H26N2O2. The molecule has 2 aliphatic carbocycles. The summed E-state index contributed by atoms with van der Waals surface area (Å²) in [4.78, 5) is 25.4. The lowest BCUT2D eigenvalue weighted by Gasteiger charge is -2.33. The molecule has 0 aromatic rings. The van der Waals surface area contributed by atoms with Gasteiger partial charge in [0, 0.05) is 32.5 Å². The molecule has 4 heteroatoms. The number of likely N-dealkylation sites (tertiary alicyclic amines) is 1. The molecule has 20 heavy (non-hydrogen) atoms. The first-order valence-electron chi connectivity index (χ1n) is 8.18. The van der Waals surface area contributed by atoms with Crippen molar-refractivity contribution in [1.29, 1.82) is 0 Å². The van der Waals surface area contributed by atoms with Crippen LogP contribution in [-0.4, -0.2) is 36.3 Å². The predicted molar refractivity (Wildman–Crippen MR) is 76.9 cm³/mol. The molecule has 0 unspecified atom stereocenters. The lowest BCUT2D eigenvalue weighted by atomic mass is 9.81. The van der Waals surface area contributed by atoms with Crippen LogP contribution in [-0.2, 0) is 9.59 Å². The molecule has 1 heterocycles. The molecule has 0 radical (unpaired) electrons. The topological polar surface area (TPSA) is 49.4 Å². The number of hydrogen-bond acceptors (Lipinski definition) is 2. The molecule has 1 aliphatic heterocycles. The highest BCUT2D eigenvalue weighted by Crippen LogP contribution is 2.52. The summed E-state index contributed by atoms with van der Waals surface area (Å²) in [7, 11) is 0. The summed E-state index contributed by atoms with van der Waals surface area (Å²) >= 11 is 0. The summed E-state index contributed by atoms with van der Waals surface area (Å²) in [5.74, 6) is 2.94. The highest BCUT2D eigenvalue weighted by atomic mass is 16.2. The van der Waals surface area contributed by atoms with Gasteiger partial charge in [-0.2, -0.15) is 0 Å². The van der Waals surface area contributed by atoms with Crippen molar-refractivity contribution < 1.29 is 9.59 Å². The van der Waals surface area contributed by atoms with Gasteiger partial charge in [0.15, 0.2) is 0 Å². The second kappa shape index (κ2) is 5.74. The van der Waals surface area contributed by atoms with Gasteiger partial charge in [0.05, 0.1) is 0 Å². The van der Waals surface area contributed by atoms with Gasteiger partial charge in [0.2, 0.25) is 11.8 Å². The van der Waals surface area contributed by atoms with Crippen molar-refractivity contribution in [3.8, 4) is 0 Å². The summed E-state index contributed by atoms with van der Waals surface area (Å²) in [6, 6.07) is 0. The van der Waals surface area contributed by atoms with E-state index in [0.29, 0.717) is 23.7 Å². The molecule has 0 aromatic carbocycles. The molecule has 4 nitrogen and oxygen atoms in total. The molecule has 0 spiro atoms. The van der Waals surface area contributed by atoms with Gasteiger partial charge in [-0.1, -0.05) is 19.3 Å². The second-order valence-electron chi connectivity index (χ2n) is 6.90. The molecule has 3 fully saturated rings. The normalized spacial score (nSPS) is 30.8. The van der Waals surface area contributed by atoms with Crippen molar-refractivity contribution in [3.63, 3.8) is 0 Å². The van der Waals surface area contributed by atoms with Crippen LogP contribution in [0, 0.1) is 23.7 Å². The molecule has 0 bridgehead atoms. The maximum atomic E-state index is 12.4. The predicted octanol–water partition coefficient (Wildman–Crippen LogP) is 1.80. The van der Waals surface area contributed by atoms with Crippen LogP contribution in [0.5, 0.6) is 0 Å². The summed E-state index contributed by atoms with van der Waals surface area (Å²) in [5.41, 5.74) is 0. The Kier molecular flexibility index (Phi) is 3.99. The molecule has 1 saturated heterocycles. The summed E-state index contributed by atoms with van der Waals surface area (Å²) in [6.45, 7) is 4.10. The van der Waals surface area contributed by atoms with E-state index < -0.39 is 0 Å². The third-order valence-corrected chi connectivity index (χ3v) is 5.48. The van der Waals surface area contributed by atoms with Gasteiger partial charge in [-0.15, -0.1) is 0 Å². The number of hydrogen-bond donors (Lipinski definition) is 1. The zero-order chi connectivity index (χ0) is 14.1. The molecular weight excluding hydrogens is 252 g/mol. The Hall–Kier alpha value is -1.06. The van der Waals surface area contributed by atoms with Gasteiger partial charge in [-0.3, -0.25) is 9.59 Å². The van der Waals surface area contributed by atoms with Gasteiger partial charge < -0.3 is 10.2 Å². The van der Waals surface area contributed by atoms with Gasteiger partial charge in [0.1, 0.15) is 0 Å². The number of carbonyl (C=O) groups is 2. The van der Waals surface area contributed by atoms with Crippen LogP contribution in [0.2, 0.25) is 0 Å². The van der Waals surface area contributed by atoms with Crippen molar-refractivity contribution >= 4 is 11.8 Å². The molecule has 0 aromatic heterocycles. The first-order valence-corrected chi connectivity index (χ1v) is 8.18. The van der Waals surface area contributed by atoms with E-state index in [1.54, 1.807) is 6.92 Å². The van der Waals surface area contributed by atoms with E-state index >= 15 is 0 Å². The van der Waals surface area contributed by atoms with Crippen molar-refractivity contribution in [2.24, 2.45) is 23.7 Å². The third-order valence-electron chi connectivity index (χ3n) is 5.48. The van der Waals surface area contributed by atoms with Crippen LogP contribution in [0.4, 0.5) is 0 Å². The fourth-order valence-corrected chi connectivity index (χ4v) is 3.77. The molecule has 2 amide bonds. The van der Waals surface area contributed by atoms with Crippen molar-refractivity contribution in [1.82, 2.24) is 10.2 Å². The quantitative estimate of drug-likeness (QED) is 0.852. The van der Waals surface area contributed by atoms with E-state index in [2.05, 4.69) is 10.2 Å². The van der Waals surface area contributed by atoms with Crippen LogP contribution in [0.25, 0.3) is 0 Å². The lowest BCUT2D eigenvalue weighted by Crippen LogP contribution is -2.42. The van der Waals surface area contributed by atoms with E-state index in [4.69, 9.17) is 0 Å². The first-order chi connectivity index (χ1) is 9.65. The summed E-state index contributed by atoms with van der Waals surface area (Å²) < 4.78 is 0. The zero-order valence-electron chi connectivity index (χ0n) is 12.4. The Labute approximate surface area is 121 Å². The van der Waals surface area contributed by atoms with Crippen molar-refractivity contribution in [2.45, 2.75) is 45.4 Å². The average molecular weight is 278 g/mol. The number of rotatable bonds is 4. The number of carbonyl (C=O) groups excluding carboxylic acids is 2.